The fraction of sp³-hybridized carbons (Fsp3) is 0.353. The molecule has 4 heteroatoms. The number of hydrogen-bond acceptors (Lipinski definition) is 3. The van der Waals surface area contributed by atoms with Crippen LogP contribution in [0.5, 0.6) is 5.75 Å². The first-order valence-corrected chi connectivity index (χ1v) is 8.17. The predicted molar refractivity (Wildman–Crippen MR) is 84.2 cm³/mol. The number of carbonyl (C=O) groups excluding carboxylic acids is 1. The van der Waals surface area contributed by atoms with Crippen LogP contribution >= 0.6 is 11.3 Å². The predicted octanol–water partition coefficient (Wildman–Crippen LogP) is 3.37. The van der Waals surface area contributed by atoms with Crippen LogP contribution in [0.3, 0.4) is 0 Å². The van der Waals surface area contributed by atoms with Crippen molar-refractivity contribution in [2.45, 2.75) is 19.3 Å². The van der Waals surface area contributed by atoms with E-state index in [1.165, 1.54) is 21.6 Å². The van der Waals surface area contributed by atoms with Crippen LogP contribution in [0, 0.1) is 0 Å². The average molecular weight is 299 g/mol. The van der Waals surface area contributed by atoms with Crippen molar-refractivity contribution in [2.75, 3.05) is 20.2 Å². The van der Waals surface area contributed by atoms with E-state index in [0.717, 1.165) is 43.0 Å². The maximum absolute atomic E-state index is 12.4. The highest BCUT2D eigenvalue weighted by Gasteiger charge is 2.26. The molecule has 0 saturated carbocycles. The van der Waals surface area contributed by atoms with Gasteiger partial charge in [-0.2, -0.15) is 0 Å². The van der Waals surface area contributed by atoms with E-state index in [2.05, 4.69) is 18.2 Å². The number of amides is 1. The summed E-state index contributed by atoms with van der Waals surface area (Å²) in [4.78, 5) is 16.5. The number of likely N-dealkylation sites (tertiary alicyclic amines) is 1. The quantitative estimate of drug-likeness (QED) is 0.851. The van der Waals surface area contributed by atoms with Crippen molar-refractivity contribution in [1.82, 2.24) is 4.90 Å². The van der Waals surface area contributed by atoms with Crippen LogP contribution in [0.1, 0.15) is 27.2 Å². The summed E-state index contributed by atoms with van der Waals surface area (Å²) >= 11 is 1.65. The third-order valence-corrected chi connectivity index (χ3v) is 5.58. The van der Waals surface area contributed by atoms with Gasteiger partial charge >= 0.3 is 0 Å². The number of ether oxygens (including phenoxy) is 1. The van der Waals surface area contributed by atoms with Crippen molar-refractivity contribution in [3.63, 3.8) is 0 Å². The lowest BCUT2D eigenvalue weighted by Gasteiger charge is -2.30. The Morgan fingerprint density at radius 3 is 2.71 bits per heavy atom. The van der Waals surface area contributed by atoms with Gasteiger partial charge in [-0.15, -0.1) is 11.3 Å². The van der Waals surface area contributed by atoms with Crippen LogP contribution in [0.15, 0.2) is 24.3 Å². The van der Waals surface area contributed by atoms with Gasteiger partial charge in [-0.25, -0.2) is 0 Å². The van der Waals surface area contributed by atoms with E-state index in [1.54, 1.807) is 18.4 Å². The molecule has 2 aromatic rings. The molecule has 2 aliphatic rings. The van der Waals surface area contributed by atoms with Crippen molar-refractivity contribution in [2.24, 2.45) is 0 Å². The Balaban J connectivity index is 1.73. The minimum Gasteiger partial charge on any atom is -0.497 e. The zero-order valence-electron chi connectivity index (χ0n) is 12.0. The monoisotopic (exact) mass is 299 g/mol. The number of benzene rings is 1. The lowest BCUT2D eigenvalue weighted by molar-refractivity contribution is 0.0657. The number of aryl methyl sites for hydroxylation is 2. The molecule has 21 heavy (non-hydrogen) atoms. The minimum absolute atomic E-state index is 0.204. The molecule has 1 saturated heterocycles. The molecule has 2 heterocycles. The summed E-state index contributed by atoms with van der Waals surface area (Å²) in [6, 6.07) is 8.36. The minimum atomic E-state index is 0.204. The van der Waals surface area contributed by atoms with Gasteiger partial charge in [-0.05, 0) is 60.2 Å². The van der Waals surface area contributed by atoms with Gasteiger partial charge in [0.2, 0.25) is 0 Å². The first-order chi connectivity index (χ1) is 10.3. The van der Waals surface area contributed by atoms with Crippen molar-refractivity contribution < 1.29 is 9.53 Å². The number of fused-ring (bicyclic) bond motifs is 3. The van der Waals surface area contributed by atoms with Gasteiger partial charge in [0.15, 0.2) is 0 Å². The Morgan fingerprint density at radius 2 is 2.00 bits per heavy atom. The smallest absolute Gasteiger partial charge is 0.263 e. The van der Waals surface area contributed by atoms with Crippen LogP contribution in [0.4, 0.5) is 0 Å². The molecule has 1 fully saturated rings. The third kappa shape index (κ3) is 2.05. The molecule has 1 aliphatic heterocycles. The first-order valence-electron chi connectivity index (χ1n) is 7.35. The van der Waals surface area contributed by atoms with Crippen molar-refractivity contribution >= 4 is 17.2 Å². The Bertz CT molecular complexity index is 716. The maximum atomic E-state index is 12.4. The molecule has 0 N–H and O–H groups in total. The van der Waals surface area contributed by atoms with Crippen LogP contribution in [0.25, 0.3) is 10.4 Å². The van der Waals surface area contributed by atoms with Gasteiger partial charge in [0.25, 0.3) is 5.91 Å². The lowest BCUT2D eigenvalue weighted by Crippen LogP contribution is -2.41. The topological polar surface area (TPSA) is 29.5 Å². The number of rotatable bonds is 2. The normalized spacial score (nSPS) is 16.0. The first kappa shape index (κ1) is 12.9. The molecule has 0 bridgehead atoms. The fourth-order valence-corrected chi connectivity index (χ4v) is 4.26. The van der Waals surface area contributed by atoms with Crippen molar-refractivity contribution in [3.05, 3.63) is 40.3 Å². The summed E-state index contributed by atoms with van der Waals surface area (Å²) < 4.78 is 5.31. The summed E-state index contributed by atoms with van der Waals surface area (Å²) in [6.45, 7) is 1.82. The Labute approximate surface area is 128 Å². The number of nitrogens with zero attached hydrogens (tertiary/aromatic N) is 1. The van der Waals surface area contributed by atoms with E-state index in [4.69, 9.17) is 4.74 Å². The number of methoxy groups -OCH3 is 1. The Morgan fingerprint density at radius 1 is 1.19 bits per heavy atom. The zero-order valence-corrected chi connectivity index (χ0v) is 12.8. The number of thiophene rings is 1. The molecule has 1 amide bonds. The van der Waals surface area contributed by atoms with Gasteiger partial charge < -0.3 is 9.64 Å². The summed E-state index contributed by atoms with van der Waals surface area (Å²) in [5.74, 6) is 1.11. The van der Waals surface area contributed by atoms with Crippen molar-refractivity contribution in [3.8, 4) is 16.2 Å². The summed E-state index contributed by atoms with van der Waals surface area (Å²) in [5, 5.41) is 0. The van der Waals surface area contributed by atoms with E-state index in [1.807, 2.05) is 11.0 Å². The van der Waals surface area contributed by atoms with Gasteiger partial charge in [-0.1, -0.05) is 0 Å². The molecule has 108 valence electrons. The van der Waals surface area contributed by atoms with E-state index >= 15 is 0 Å². The molecule has 1 aliphatic carbocycles. The molecule has 3 nitrogen and oxygen atoms in total. The van der Waals surface area contributed by atoms with Gasteiger partial charge in [0.1, 0.15) is 5.75 Å². The fourth-order valence-electron chi connectivity index (χ4n) is 3.02. The zero-order chi connectivity index (χ0) is 14.4. The summed E-state index contributed by atoms with van der Waals surface area (Å²) in [5.41, 5.74) is 3.91. The standard InChI is InChI=1S/C17H17NO2S/c1-20-13-5-6-14-11(9-13)3-4-12-10-15(21-16(12)14)17(19)18-7-2-8-18/h5-6,9-10H,2-4,7-8H2,1H3. The van der Waals surface area contributed by atoms with Crippen LogP contribution in [-0.4, -0.2) is 31.0 Å². The van der Waals surface area contributed by atoms with Crippen LogP contribution < -0.4 is 4.74 Å². The molecular formula is C17H17NO2S. The van der Waals surface area contributed by atoms with Gasteiger partial charge in [0, 0.05) is 18.0 Å². The largest absolute Gasteiger partial charge is 0.497 e. The van der Waals surface area contributed by atoms with Crippen molar-refractivity contribution in [1.29, 1.82) is 0 Å². The highest BCUT2D eigenvalue weighted by atomic mass is 32.1. The average Bonchev–Trinajstić information content (AvgIpc) is 2.89. The molecular weight excluding hydrogens is 282 g/mol. The second-order valence-electron chi connectivity index (χ2n) is 5.63. The highest BCUT2D eigenvalue weighted by molar-refractivity contribution is 7.17. The molecule has 1 aromatic heterocycles. The maximum Gasteiger partial charge on any atom is 0.263 e. The van der Waals surface area contributed by atoms with E-state index in [-0.39, 0.29) is 5.91 Å². The lowest BCUT2D eigenvalue weighted by atomic mass is 9.91. The molecule has 0 spiro atoms. The van der Waals surface area contributed by atoms with E-state index in [0.29, 0.717) is 0 Å². The second-order valence-corrected chi connectivity index (χ2v) is 6.69. The van der Waals surface area contributed by atoms with Gasteiger partial charge in [0.05, 0.1) is 12.0 Å². The summed E-state index contributed by atoms with van der Waals surface area (Å²) in [7, 11) is 1.70. The molecule has 0 unspecified atom stereocenters. The van der Waals surface area contributed by atoms with Gasteiger partial charge in [-0.3, -0.25) is 4.79 Å². The SMILES string of the molecule is COc1ccc2c(c1)CCc1cc(C(=O)N3CCC3)sc1-2. The highest BCUT2D eigenvalue weighted by Crippen LogP contribution is 2.41. The molecule has 4 rings (SSSR count). The van der Waals surface area contributed by atoms with E-state index in [9.17, 15) is 4.79 Å². The van der Waals surface area contributed by atoms with E-state index < -0.39 is 0 Å². The number of carbonyl (C=O) groups is 1. The summed E-state index contributed by atoms with van der Waals surface area (Å²) in [6.07, 6.45) is 3.17. The van der Waals surface area contributed by atoms with Crippen LogP contribution in [-0.2, 0) is 12.8 Å². The van der Waals surface area contributed by atoms with Crippen LogP contribution in [0.2, 0.25) is 0 Å². The Kier molecular flexibility index (Phi) is 3.00. The molecule has 0 atom stereocenters. The Hall–Kier alpha value is -1.81. The molecule has 1 aromatic carbocycles. The second kappa shape index (κ2) is 4.88. The molecule has 0 radical (unpaired) electrons. The number of hydrogen-bond donors (Lipinski definition) is 0. The third-order valence-electron chi connectivity index (χ3n) is 4.38.